The molecule has 1 heterocycles. The lowest BCUT2D eigenvalue weighted by atomic mass is 10.1. The molecule has 0 saturated carbocycles. The lowest BCUT2D eigenvalue weighted by Gasteiger charge is -1.98. The average molecular weight is 381 g/mol. The summed E-state index contributed by atoms with van der Waals surface area (Å²) < 4.78 is 2.20. The van der Waals surface area contributed by atoms with Crippen molar-refractivity contribution in [3.05, 3.63) is 32.2 Å². The zero-order valence-corrected chi connectivity index (χ0v) is 11.6. The minimum Gasteiger partial charge on any atom is -0.298 e. The lowest BCUT2D eigenvalue weighted by Crippen LogP contribution is -1.85. The molecule has 72 valence electrons. The predicted octanol–water partition coefficient (Wildman–Crippen LogP) is 4.21. The molecule has 4 heteroatoms. The highest BCUT2D eigenvalue weighted by atomic mass is 127. The molecule has 1 aromatic heterocycles. The lowest BCUT2D eigenvalue weighted by molar-refractivity contribution is 0.112. The van der Waals surface area contributed by atoms with Gasteiger partial charge < -0.3 is 0 Å². The second-order valence-corrected chi connectivity index (χ2v) is 5.52. The molecule has 14 heavy (non-hydrogen) atoms. The Labute approximate surface area is 108 Å². The monoisotopic (exact) mass is 380 g/mol. The molecular weight excluding hydrogens is 375 g/mol. The van der Waals surface area contributed by atoms with Crippen molar-refractivity contribution < 1.29 is 4.79 Å². The first-order chi connectivity index (χ1) is 6.76. The Bertz CT molecular complexity index is 492. The summed E-state index contributed by atoms with van der Waals surface area (Å²) in [5.74, 6) is 0. The molecule has 0 amide bonds. The van der Waals surface area contributed by atoms with Crippen LogP contribution in [0.5, 0.6) is 0 Å². The molecule has 2 aromatic rings. The van der Waals surface area contributed by atoms with Crippen molar-refractivity contribution in [1.29, 1.82) is 0 Å². The Morgan fingerprint density at radius 2 is 2.29 bits per heavy atom. The van der Waals surface area contributed by atoms with E-state index in [1.165, 1.54) is 15.6 Å². The van der Waals surface area contributed by atoms with Gasteiger partial charge in [-0.15, -0.1) is 11.3 Å². The number of aldehydes is 1. The first-order valence-electron chi connectivity index (χ1n) is 3.97. The molecule has 0 aliphatic rings. The summed E-state index contributed by atoms with van der Waals surface area (Å²) in [6, 6.07) is 4.04. The van der Waals surface area contributed by atoms with Crippen LogP contribution < -0.4 is 0 Å². The van der Waals surface area contributed by atoms with Crippen molar-refractivity contribution in [2.45, 2.75) is 5.33 Å². The first kappa shape index (κ1) is 10.6. The fourth-order valence-corrected chi connectivity index (χ4v) is 3.57. The number of benzene rings is 1. The Morgan fingerprint density at radius 1 is 1.50 bits per heavy atom. The molecule has 0 bridgehead atoms. The highest BCUT2D eigenvalue weighted by molar-refractivity contribution is 14.1. The predicted molar refractivity (Wildman–Crippen MR) is 72.6 cm³/mol. The number of carbonyl (C=O) groups is 1. The van der Waals surface area contributed by atoms with E-state index < -0.39 is 0 Å². The molecule has 0 aliphatic carbocycles. The Kier molecular flexibility index (Phi) is 3.23. The second kappa shape index (κ2) is 4.28. The molecule has 0 radical (unpaired) electrons. The number of fused-ring (bicyclic) bond motifs is 1. The van der Waals surface area contributed by atoms with E-state index in [2.05, 4.69) is 50.0 Å². The van der Waals surface area contributed by atoms with Crippen LogP contribution in [0.1, 0.15) is 15.9 Å². The van der Waals surface area contributed by atoms with Crippen LogP contribution in [0.3, 0.4) is 0 Å². The largest absolute Gasteiger partial charge is 0.298 e. The van der Waals surface area contributed by atoms with Crippen LogP contribution in [-0.4, -0.2) is 6.29 Å². The van der Waals surface area contributed by atoms with Gasteiger partial charge in [0, 0.05) is 19.2 Å². The summed E-state index contributed by atoms with van der Waals surface area (Å²) in [7, 11) is 0. The van der Waals surface area contributed by atoms with Crippen molar-refractivity contribution in [2.24, 2.45) is 0 Å². The smallest absolute Gasteiger partial charge is 0.151 e. The molecule has 1 aromatic carbocycles. The van der Waals surface area contributed by atoms with E-state index in [0.717, 1.165) is 20.7 Å². The van der Waals surface area contributed by atoms with Gasteiger partial charge >= 0.3 is 0 Å². The molecule has 0 unspecified atom stereocenters. The summed E-state index contributed by atoms with van der Waals surface area (Å²) in [5, 5.41) is 4.25. The van der Waals surface area contributed by atoms with Gasteiger partial charge in [0.05, 0.1) is 0 Å². The number of carbonyl (C=O) groups excluding carboxylic acids is 1. The minimum absolute atomic E-state index is 0.779. The van der Waals surface area contributed by atoms with Crippen molar-refractivity contribution in [3.8, 4) is 0 Å². The summed E-state index contributed by atoms with van der Waals surface area (Å²) in [6.07, 6.45) is 0.911. The topological polar surface area (TPSA) is 17.1 Å². The molecule has 0 N–H and O–H groups in total. The van der Waals surface area contributed by atoms with E-state index >= 15 is 0 Å². The van der Waals surface area contributed by atoms with Crippen molar-refractivity contribution in [3.63, 3.8) is 0 Å². The van der Waals surface area contributed by atoms with Crippen molar-refractivity contribution in [1.82, 2.24) is 0 Å². The molecule has 2 rings (SSSR count). The fourth-order valence-electron chi connectivity index (χ4n) is 1.31. The molecule has 0 saturated heterocycles. The Balaban J connectivity index is 2.75. The summed E-state index contributed by atoms with van der Waals surface area (Å²) in [6.45, 7) is 0. The third-order valence-corrected chi connectivity index (χ3v) is 4.58. The van der Waals surface area contributed by atoms with Gasteiger partial charge in [-0.3, -0.25) is 4.79 Å². The molecule has 0 fully saturated rings. The van der Waals surface area contributed by atoms with E-state index in [1.807, 2.05) is 6.07 Å². The van der Waals surface area contributed by atoms with Gasteiger partial charge in [-0.05, 0) is 51.1 Å². The van der Waals surface area contributed by atoms with Gasteiger partial charge in [0.25, 0.3) is 0 Å². The highest BCUT2D eigenvalue weighted by Gasteiger charge is 2.06. The first-order valence-corrected chi connectivity index (χ1v) is 7.05. The van der Waals surface area contributed by atoms with Gasteiger partial charge in [-0.25, -0.2) is 0 Å². The van der Waals surface area contributed by atoms with Gasteiger partial charge in [-0.2, -0.15) is 0 Å². The molecule has 0 atom stereocenters. The number of alkyl halides is 1. The summed E-state index contributed by atoms with van der Waals surface area (Å²) in [4.78, 5) is 10.7. The fraction of sp³-hybridized carbons (Fsp3) is 0.100. The van der Waals surface area contributed by atoms with Crippen LogP contribution in [-0.2, 0) is 5.33 Å². The van der Waals surface area contributed by atoms with E-state index in [0.29, 0.717) is 0 Å². The Hall–Kier alpha value is 0.0600. The average Bonchev–Trinajstić information content (AvgIpc) is 2.58. The van der Waals surface area contributed by atoms with Crippen molar-refractivity contribution >= 4 is 66.2 Å². The van der Waals surface area contributed by atoms with Crippen LogP contribution >= 0.6 is 49.9 Å². The quantitative estimate of drug-likeness (QED) is 0.433. The van der Waals surface area contributed by atoms with Crippen molar-refractivity contribution in [2.75, 3.05) is 0 Å². The van der Waals surface area contributed by atoms with Gasteiger partial charge in [-0.1, -0.05) is 15.9 Å². The second-order valence-electron chi connectivity index (χ2n) is 2.88. The number of hydrogen-bond donors (Lipinski definition) is 0. The van der Waals surface area contributed by atoms with Gasteiger partial charge in [0.1, 0.15) is 0 Å². The summed E-state index contributed by atoms with van der Waals surface area (Å²) in [5.41, 5.74) is 2.07. The maximum Gasteiger partial charge on any atom is 0.151 e. The highest BCUT2D eigenvalue weighted by Crippen LogP contribution is 2.30. The SMILES string of the molecule is O=Cc1cc2scc(CBr)c2cc1I. The third kappa shape index (κ3) is 1.75. The van der Waals surface area contributed by atoms with E-state index in [1.54, 1.807) is 11.3 Å². The normalized spacial score (nSPS) is 10.7. The molecule has 0 aliphatic heterocycles. The molecular formula is C10H6BrIOS. The standard InChI is InChI=1S/C10H6BrIOS/c11-3-7-5-14-10-1-6(4-13)9(12)2-8(7)10/h1-2,4-5H,3H2. The van der Waals surface area contributed by atoms with E-state index in [-0.39, 0.29) is 0 Å². The maximum atomic E-state index is 10.7. The van der Waals surface area contributed by atoms with Crippen LogP contribution in [0, 0.1) is 3.57 Å². The molecule has 1 nitrogen and oxygen atoms in total. The third-order valence-electron chi connectivity index (χ3n) is 2.04. The van der Waals surface area contributed by atoms with Crippen LogP contribution in [0.25, 0.3) is 10.1 Å². The number of rotatable bonds is 2. The zero-order valence-electron chi connectivity index (χ0n) is 7.09. The summed E-state index contributed by atoms with van der Waals surface area (Å²) >= 11 is 7.33. The Morgan fingerprint density at radius 3 is 2.93 bits per heavy atom. The van der Waals surface area contributed by atoms with Crippen LogP contribution in [0.4, 0.5) is 0 Å². The van der Waals surface area contributed by atoms with Gasteiger partial charge in [0.2, 0.25) is 0 Å². The van der Waals surface area contributed by atoms with E-state index in [4.69, 9.17) is 0 Å². The molecule has 0 spiro atoms. The number of halogens is 2. The van der Waals surface area contributed by atoms with Crippen LogP contribution in [0.2, 0.25) is 0 Å². The number of hydrogen-bond acceptors (Lipinski definition) is 2. The maximum absolute atomic E-state index is 10.7. The van der Waals surface area contributed by atoms with Gasteiger partial charge in [0.15, 0.2) is 6.29 Å². The van der Waals surface area contributed by atoms with Crippen LogP contribution in [0.15, 0.2) is 17.5 Å². The number of thiophene rings is 1. The minimum atomic E-state index is 0.779. The zero-order chi connectivity index (χ0) is 10.1. The van der Waals surface area contributed by atoms with E-state index in [9.17, 15) is 4.79 Å².